The SMILES string of the molecule is [B]c1c([B])c([B])c2c(c1[B])-c1c([B])c([B])c([B])c([B])c1C21c2c([B])c([B])c([B])c([B])c2-c2c([B])c([B])c([B])c([B])c21. The van der Waals surface area contributed by atoms with Gasteiger partial charge in [-0.1, -0.05) is 43.7 Å². The highest BCUT2D eigenvalue weighted by Gasteiger charge is 2.56. The van der Waals surface area contributed by atoms with E-state index in [0.29, 0.717) is 0 Å². The fourth-order valence-electron chi connectivity index (χ4n) is 6.66. The minimum Gasteiger partial charge on any atom is -0.111 e. The maximum atomic E-state index is 6.78. The van der Waals surface area contributed by atoms with Gasteiger partial charge in [0.2, 0.25) is 0 Å². The van der Waals surface area contributed by atoms with Crippen LogP contribution in [0.4, 0.5) is 0 Å². The quantitative estimate of drug-likeness (QED) is 0.193. The Kier molecular flexibility index (Phi) is 6.35. The normalized spacial score (nSPS) is 13.7. The van der Waals surface area contributed by atoms with Crippen molar-refractivity contribution in [1.82, 2.24) is 0 Å². The van der Waals surface area contributed by atoms with E-state index < -0.39 is 5.41 Å². The maximum Gasteiger partial charge on any atom is 0.113 e. The van der Waals surface area contributed by atoms with Crippen LogP contribution in [0.15, 0.2) is 0 Å². The summed E-state index contributed by atoms with van der Waals surface area (Å²) < 4.78 is 0. The van der Waals surface area contributed by atoms with Crippen LogP contribution >= 0.6 is 0 Å². The second-order valence-electron chi connectivity index (χ2n) is 10.4. The van der Waals surface area contributed by atoms with E-state index in [1.807, 2.05) is 0 Å². The highest BCUT2D eigenvalue weighted by molar-refractivity contribution is 6.70. The zero-order valence-electron chi connectivity index (χ0n) is 21.7. The van der Waals surface area contributed by atoms with E-state index in [0.717, 1.165) is 0 Å². The highest BCUT2D eigenvalue weighted by atomic mass is 14.6. The molecule has 0 nitrogen and oxygen atoms in total. The van der Waals surface area contributed by atoms with Crippen LogP contribution < -0.4 is 87.4 Å². The molecular weight excluding hydrogens is 473 g/mol. The minimum atomic E-state index is -1.69. The first-order valence-electron chi connectivity index (χ1n) is 12.1. The molecular formula is C25B16. The average molecular weight is 473 g/mol. The molecule has 0 fully saturated rings. The van der Waals surface area contributed by atoms with Gasteiger partial charge in [-0.05, 0) is 44.5 Å². The van der Waals surface area contributed by atoms with Gasteiger partial charge in [-0.2, -0.15) is 0 Å². The molecule has 0 unspecified atom stereocenters. The Labute approximate surface area is 261 Å². The Morgan fingerprint density at radius 3 is 0.512 bits per heavy atom. The molecule has 16 heteroatoms. The van der Waals surface area contributed by atoms with Crippen LogP contribution in [-0.2, 0) is 5.41 Å². The number of benzene rings is 4. The first-order valence-corrected chi connectivity index (χ1v) is 12.1. The lowest BCUT2D eigenvalue weighted by Gasteiger charge is -2.39. The summed E-state index contributed by atoms with van der Waals surface area (Å²) in [6, 6.07) is 0. The molecule has 2 aliphatic carbocycles. The van der Waals surface area contributed by atoms with Crippen molar-refractivity contribution in [2.45, 2.75) is 5.41 Å². The summed E-state index contributed by atoms with van der Waals surface area (Å²) in [7, 11) is 105. The zero-order valence-corrected chi connectivity index (χ0v) is 21.7. The van der Waals surface area contributed by atoms with Gasteiger partial charge in [-0.15, -0.1) is 43.7 Å². The molecule has 0 atom stereocenters. The second-order valence-corrected chi connectivity index (χ2v) is 10.4. The predicted molar refractivity (Wildman–Crippen MR) is 189 cm³/mol. The van der Waals surface area contributed by atoms with Crippen molar-refractivity contribution in [3.63, 3.8) is 0 Å². The van der Waals surface area contributed by atoms with Crippen LogP contribution in [-0.4, -0.2) is 126 Å². The highest BCUT2D eigenvalue weighted by Crippen LogP contribution is 2.58. The predicted octanol–water partition coefficient (Wildman–Crippen LogP) is -13.3. The fraction of sp³-hybridized carbons (Fsp3) is 0.0400. The second kappa shape index (κ2) is 8.97. The first kappa shape index (κ1) is 29.0. The van der Waals surface area contributed by atoms with Gasteiger partial charge in [-0.25, -0.2) is 0 Å². The standard InChI is InChI=1S/C25B16/c26-9-1-2-6(14(31)22(39)18(35)10(2)27)25(5(1)13(30)21(38)17(9)34)7-3(11(28)19(36)23(40)15(7)32)4-8(25)16(33)24(41)20(37)12(4)29. The van der Waals surface area contributed by atoms with Gasteiger partial charge in [0.1, 0.15) is 126 Å². The third-order valence-corrected chi connectivity index (χ3v) is 8.64. The molecule has 41 heavy (non-hydrogen) atoms. The lowest BCUT2D eigenvalue weighted by atomic mass is 9.53. The molecule has 0 heterocycles. The molecule has 0 aliphatic heterocycles. The Balaban J connectivity index is 2.10. The van der Waals surface area contributed by atoms with Crippen molar-refractivity contribution in [2.24, 2.45) is 0 Å². The molecule has 1 spiro atoms. The van der Waals surface area contributed by atoms with E-state index in [2.05, 4.69) is 0 Å². The first-order chi connectivity index (χ1) is 19.1. The molecule has 0 amide bonds. The lowest BCUT2D eigenvalue weighted by molar-refractivity contribution is 0.819. The molecule has 6 rings (SSSR count). The summed E-state index contributed by atoms with van der Waals surface area (Å²) in [6.45, 7) is 0. The van der Waals surface area contributed by atoms with Gasteiger partial charge >= 0.3 is 0 Å². The largest absolute Gasteiger partial charge is 0.113 e. The van der Waals surface area contributed by atoms with E-state index in [1.165, 1.54) is 0 Å². The molecule has 0 saturated heterocycles. The van der Waals surface area contributed by atoms with Crippen molar-refractivity contribution < 1.29 is 0 Å². The molecule has 0 N–H and O–H groups in total. The summed E-state index contributed by atoms with van der Waals surface area (Å²) in [4.78, 5) is 0. The Morgan fingerprint density at radius 2 is 0.341 bits per heavy atom. The van der Waals surface area contributed by atoms with Crippen molar-refractivity contribution >= 4 is 213 Å². The average Bonchev–Trinajstić information content (AvgIpc) is 3.43. The van der Waals surface area contributed by atoms with Crippen molar-refractivity contribution in [2.75, 3.05) is 0 Å². The molecule has 0 aromatic heterocycles. The van der Waals surface area contributed by atoms with E-state index in [-0.39, 0.29) is 132 Å². The topological polar surface area (TPSA) is 0 Å². The maximum absolute atomic E-state index is 6.78. The van der Waals surface area contributed by atoms with Crippen LogP contribution in [0.2, 0.25) is 0 Å². The Bertz CT molecular complexity index is 1670. The van der Waals surface area contributed by atoms with Gasteiger partial charge in [0.25, 0.3) is 0 Å². The van der Waals surface area contributed by atoms with E-state index in [9.17, 15) is 0 Å². The third kappa shape index (κ3) is 3.09. The lowest BCUT2D eigenvalue weighted by Crippen LogP contribution is -2.57. The van der Waals surface area contributed by atoms with Gasteiger partial charge in [0, 0.05) is 0 Å². The fourth-order valence-corrected chi connectivity index (χ4v) is 6.66. The molecule has 4 aromatic rings. The van der Waals surface area contributed by atoms with Crippen molar-refractivity contribution in [1.29, 1.82) is 0 Å². The van der Waals surface area contributed by atoms with Crippen LogP contribution in [0.25, 0.3) is 22.3 Å². The van der Waals surface area contributed by atoms with Gasteiger partial charge in [-0.3, -0.25) is 0 Å². The monoisotopic (exact) mass is 476 g/mol. The molecule has 0 bridgehead atoms. The van der Waals surface area contributed by atoms with Crippen LogP contribution in [0, 0.1) is 0 Å². The van der Waals surface area contributed by atoms with Crippen LogP contribution in [0.5, 0.6) is 0 Å². The summed E-state index contributed by atoms with van der Waals surface area (Å²) >= 11 is 0. The summed E-state index contributed by atoms with van der Waals surface area (Å²) in [5, 5.41) is 0. The Hall–Kier alpha value is -2.08. The summed E-state index contributed by atoms with van der Waals surface area (Å²) in [6.07, 6.45) is 0. The molecule has 4 aromatic carbocycles. The van der Waals surface area contributed by atoms with Crippen LogP contribution in [0.3, 0.4) is 0 Å². The minimum absolute atomic E-state index is 0.00433. The van der Waals surface area contributed by atoms with Gasteiger partial charge < -0.3 is 0 Å². The van der Waals surface area contributed by atoms with E-state index >= 15 is 0 Å². The van der Waals surface area contributed by atoms with Gasteiger partial charge in [0.15, 0.2) is 0 Å². The van der Waals surface area contributed by atoms with Gasteiger partial charge in [0.05, 0.1) is 5.41 Å². The number of hydrogen-bond donors (Lipinski definition) is 0. The summed E-state index contributed by atoms with van der Waals surface area (Å²) in [5.41, 5.74) is 0.655. The molecule has 2 aliphatic rings. The van der Waals surface area contributed by atoms with E-state index in [4.69, 9.17) is 126 Å². The third-order valence-electron chi connectivity index (χ3n) is 8.64. The van der Waals surface area contributed by atoms with Crippen molar-refractivity contribution in [3.8, 4) is 22.3 Å². The number of hydrogen-bond acceptors (Lipinski definition) is 0. The molecule has 0 saturated carbocycles. The number of fused-ring (bicyclic) bond motifs is 10. The number of rotatable bonds is 0. The van der Waals surface area contributed by atoms with E-state index in [1.54, 1.807) is 0 Å². The summed E-state index contributed by atoms with van der Waals surface area (Å²) in [5.74, 6) is 0. The molecule has 148 valence electrons. The molecule has 32 radical (unpaired) electrons. The van der Waals surface area contributed by atoms with Crippen molar-refractivity contribution in [3.05, 3.63) is 22.3 Å². The smallest absolute Gasteiger partial charge is 0.111 e. The zero-order chi connectivity index (χ0) is 30.4. The van der Waals surface area contributed by atoms with Crippen LogP contribution in [0.1, 0.15) is 22.3 Å². The Morgan fingerprint density at radius 1 is 0.195 bits per heavy atom.